The number of aryl methyl sites for hydroxylation is 1. The molecule has 0 spiro atoms. The van der Waals surface area contributed by atoms with Crippen molar-refractivity contribution in [3.05, 3.63) is 84.8 Å². The molecular weight excluding hydrogens is 606 g/mol. The summed E-state index contributed by atoms with van der Waals surface area (Å²) in [6, 6.07) is 17.2. The van der Waals surface area contributed by atoms with Gasteiger partial charge in [0.25, 0.3) is 10.0 Å². The van der Waals surface area contributed by atoms with Crippen LogP contribution in [0.3, 0.4) is 0 Å². The van der Waals surface area contributed by atoms with Gasteiger partial charge in [-0.05, 0) is 68.8 Å². The fourth-order valence-electron chi connectivity index (χ4n) is 5.21. The quantitative estimate of drug-likeness (QED) is 0.171. The van der Waals surface area contributed by atoms with Gasteiger partial charge in [-0.25, -0.2) is 13.4 Å². The van der Waals surface area contributed by atoms with Gasteiger partial charge in [0.2, 0.25) is 5.88 Å². The lowest BCUT2D eigenvalue weighted by Gasteiger charge is -2.18. The summed E-state index contributed by atoms with van der Waals surface area (Å²) >= 11 is 0. The first-order valence-electron chi connectivity index (χ1n) is 14.4. The highest BCUT2D eigenvalue weighted by molar-refractivity contribution is 7.92. The number of ether oxygens (including phenoxy) is 2. The third-order valence-electron chi connectivity index (χ3n) is 7.43. The van der Waals surface area contributed by atoms with Crippen LogP contribution in [0.1, 0.15) is 19.4 Å². The molecule has 0 aliphatic carbocycles. The Kier molecular flexibility index (Phi) is 7.96. The summed E-state index contributed by atoms with van der Waals surface area (Å²) in [5.41, 5.74) is 3.48. The van der Waals surface area contributed by atoms with E-state index in [1.807, 2.05) is 42.1 Å². The molecule has 0 aliphatic heterocycles. The zero-order valence-corrected chi connectivity index (χ0v) is 26.8. The van der Waals surface area contributed by atoms with E-state index in [2.05, 4.69) is 25.1 Å². The van der Waals surface area contributed by atoms with Gasteiger partial charge in [-0.3, -0.25) is 14.4 Å². The number of hydrogen-bond acceptors (Lipinski definition) is 10. The van der Waals surface area contributed by atoms with Crippen LogP contribution in [0.15, 0.2) is 84.1 Å². The van der Waals surface area contributed by atoms with Crippen molar-refractivity contribution in [2.45, 2.75) is 37.8 Å². The van der Waals surface area contributed by atoms with E-state index in [1.54, 1.807) is 44.4 Å². The van der Waals surface area contributed by atoms with Gasteiger partial charge in [-0.2, -0.15) is 10.1 Å². The predicted molar refractivity (Wildman–Crippen MR) is 177 cm³/mol. The highest BCUT2D eigenvalue weighted by Crippen LogP contribution is 2.34. The molecule has 0 saturated carbocycles. The number of pyridine rings is 3. The number of nitrogens with zero attached hydrogens (tertiary/aromatic N) is 5. The molecule has 12 nitrogen and oxygen atoms in total. The first kappa shape index (κ1) is 30.7. The van der Waals surface area contributed by atoms with E-state index in [0.717, 1.165) is 38.5 Å². The lowest BCUT2D eigenvalue weighted by molar-refractivity contribution is 0.0591. The second-order valence-corrected chi connectivity index (χ2v) is 13.1. The van der Waals surface area contributed by atoms with Crippen LogP contribution in [-0.4, -0.2) is 58.1 Å². The van der Waals surface area contributed by atoms with Crippen LogP contribution >= 0.6 is 0 Å². The number of nitrogens with one attached hydrogen (secondary N) is 2. The van der Waals surface area contributed by atoms with Gasteiger partial charge < -0.3 is 19.9 Å². The van der Waals surface area contributed by atoms with Gasteiger partial charge in [-0.15, -0.1) is 0 Å². The minimum atomic E-state index is -3.94. The van der Waals surface area contributed by atoms with Crippen molar-refractivity contribution in [1.29, 1.82) is 0 Å². The third kappa shape index (κ3) is 6.28. The van der Waals surface area contributed by atoms with Crippen LogP contribution in [0.4, 0.5) is 17.3 Å². The maximum Gasteiger partial charge on any atom is 0.263 e. The molecule has 0 atom stereocenters. The number of aromatic nitrogens is 5. The zero-order valence-electron chi connectivity index (χ0n) is 25.9. The van der Waals surface area contributed by atoms with E-state index in [-0.39, 0.29) is 16.6 Å². The predicted octanol–water partition coefficient (Wildman–Crippen LogP) is 5.68. The summed E-state index contributed by atoms with van der Waals surface area (Å²) in [5, 5.41) is 20.9. The first-order valence-corrected chi connectivity index (χ1v) is 15.8. The lowest BCUT2D eigenvalue weighted by atomic mass is 9.98. The number of hydrogen-bond donors (Lipinski definition) is 3. The maximum atomic E-state index is 13.1. The van der Waals surface area contributed by atoms with Crippen molar-refractivity contribution in [3.63, 3.8) is 0 Å². The Balaban J connectivity index is 1.26. The fourth-order valence-corrected chi connectivity index (χ4v) is 6.20. The zero-order chi connectivity index (χ0) is 32.6. The van der Waals surface area contributed by atoms with Crippen LogP contribution in [0.5, 0.6) is 11.6 Å². The number of rotatable bonds is 10. The van der Waals surface area contributed by atoms with E-state index < -0.39 is 15.6 Å². The fraction of sp³-hybridized carbons (Fsp3) is 0.212. The summed E-state index contributed by atoms with van der Waals surface area (Å²) in [4.78, 5) is 13.5. The van der Waals surface area contributed by atoms with Crippen LogP contribution < -0.4 is 19.5 Å². The number of fused-ring (bicyclic) bond motifs is 2. The Labute approximate surface area is 266 Å². The highest BCUT2D eigenvalue weighted by Gasteiger charge is 2.19. The van der Waals surface area contributed by atoms with E-state index in [4.69, 9.17) is 14.5 Å². The summed E-state index contributed by atoms with van der Waals surface area (Å²) in [5.74, 6) is 1.26. The molecule has 6 aromatic rings. The molecule has 0 unspecified atom stereocenters. The summed E-state index contributed by atoms with van der Waals surface area (Å²) in [6.45, 7) is 5.93. The van der Waals surface area contributed by atoms with E-state index in [0.29, 0.717) is 23.8 Å². The van der Waals surface area contributed by atoms with Gasteiger partial charge in [0, 0.05) is 51.9 Å². The van der Waals surface area contributed by atoms with Gasteiger partial charge in [0.15, 0.2) is 0 Å². The number of sulfonamides is 1. The van der Waals surface area contributed by atoms with Crippen molar-refractivity contribution in [3.8, 4) is 22.9 Å². The Bertz CT molecular complexity index is 2150. The van der Waals surface area contributed by atoms with Crippen molar-refractivity contribution in [1.82, 2.24) is 24.7 Å². The Morgan fingerprint density at radius 3 is 2.41 bits per heavy atom. The first-order chi connectivity index (χ1) is 21.9. The van der Waals surface area contributed by atoms with Crippen LogP contribution in [-0.2, 0) is 16.6 Å². The summed E-state index contributed by atoms with van der Waals surface area (Å²) < 4.78 is 40.8. The van der Waals surface area contributed by atoms with Crippen LogP contribution in [0.25, 0.3) is 32.9 Å². The van der Waals surface area contributed by atoms with Gasteiger partial charge in [0.1, 0.15) is 17.4 Å². The maximum absolute atomic E-state index is 13.1. The molecule has 0 saturated heterocycles. The Morgan fingerprint density at radius 2 is 1.70 bits per heavy atom. The normalized spacial score (nSPS) is 12.0. The Morgan fingerprint density at radius 1 is 0.913 bits per heavy atom. The second kappa shape index (κ2) is 11.9. The van der Waals surface area contributed by atoms with E-state index in [1.165, 1.54) is 32.4 Å². The van der Waals surface area contributed by atoms with Crippen molar-refractivity contribution < 1.29 is 23.0 Å². The highest BCUT2D eigenvalue weighted by atomic mass is 32.2. The molecule has 46 heavy (non-hydrogen) atoms. The molecule has 4 heterocycles. The number of anilines is 3. The topological polar surface area (TPSA) is 153 Å². The molecule has 2 aromatic carbocycles. The SMILES string of the molecule is COc1cc(NS(=O)(=O)c2ccc(Nc3cc4c(-c5ccc6c(cnn6CC(C)(C)O)c5C)nccc4cn3)cc2)nc(OC)c1. The largest absolute Gasteiger partial charge is 0.496 e. The van der Waals surface area contributed by atoms with Crippen LogP contribution in [0, 0.1) is 6.92 Å². The molecule has 0 bridgehead atoms. The van der Waals surface area contributed by atoms with E-state index in [9.17, 15) is 13.5 Å². The van der Waals surface area contributed by atoms with Crippen molar-refractivity contribution >= 4 is 49.0 Å². The van der Waals surface area contributed by atoms with Crippen molar-refractivity contribution in [2.24, 2.45) is 0 Å². The molecule has 0 radical (unpaired) electrons. The van der Waals surface area contributed by atoms with Gasteiger partial charge in [0.05, 0.1) is 48.7 Å². The number of aliphatic hydroxyl groups is 1. The Hall–Kier alpha value is -5.27. The molecule has 13 heteroatoms. The molecule has 3 N–H and O–H groups in total. The minimum absolute atomic E-state index is 0.0522. The lowest BCUT2D eigenvalue weighted by Crippen LogP contribution is -2.26. The summed E-state index contributed by atoms with van der Waals surface area (Å²) in [6.07, 6.45) is 5.36. The van der Waals surface area contributed by atoms with Gasteiger partial charge >= 0.3 is 0 Å². The minimum Gasteiger partial charge on any atom is -0.496 e. The molecule has 0 amide bonds. The summed E-state index contributed by atoms with van der Waals surface area (Å²) in [7, 11) is -1.03. The smallest absolute Gasteiger partial charge is 0.263 e. The standard InChI is InChI=1S/C33H33N7O5S/c1-20-25(10-11-28-27(20)18-36-40(28)19-33(2,3)41)32-26-16-29(35-17-21(26)12-13-34-32)37-22-6-8-24(9-7-22)46(42,43)39-30-14-23(44-4)15-31(38-30)45-5/h6-18,41H,19H2,1-5H3,(H,35,37)(H,38,39). The number of benzene rings is 2. The second-order valence-electron chi connectivity index (χ2n) is 11.4. The third-order valence-corrected chi connectivity index (χ3v) is 8.80. The molecule has 6 rings (SSSR count). The molecule has 236 valence electrons. The average Bonchev–Trinajstić information content (AvgIpc) is 3.42. The van der Waals surface area contributed by atoms with E-state index >= 15 is 0 Å². The number of methoxy groups -OCH3 is 2. The molecule has 0 aliphatic rings. The molecule has 4 aromatic heterocycles. The monoisotopic (exact) mass is 639 g/mol. The van der Waals surface area contributed by atoms with Gasteiger partial charge in [-0.1, -0.05) is 6.07 Å². The van der Waals surface area contributed by atoms with Crippen molar-refractivity contribution in [2.75, 3.05) is 24.3 Å². The average molecular weight is 640 g/mol. The molecule has 0 fully saturated rings. The molecular formula is C33H33N7O5S. The van der Waals surface area contributed by atoms with Crippen LogP contribution in [0.2, 0.25) is 0 Å².